The van der Waals surface area contributed by atoms with Crippen LogP contribution in [0.5, 0.6) is 5.75 Å². The SMILES string of the molecule is CCS(=O)(=O)c1ccc(O)c(-n2ccnc2[C@@H](C)c2ccccc2)c1. The van der Waals surface area contributed by atoms with Gasteiger partial charge in [-0.05, 0) is 23.8 Å². The molecule has 1 atom stereocenters. The van der Waals surface area contributed by atoms with Crippen LogP contribution in [-0.2, 0) is 9.84 Å². The van der Waals surface area contributed by atoms with Gasteiger partial charge < -0.3 is 5.11 Å². The minimum atomic E-state index is -3.36. The molecule has 1 aromatic heterocycles. The third kappa shape index (κ3) is 3.30. The van der Waals surface area contributed by atoms with E-state index in [0.29, 0.717) is 5.69 Å². The third-order valence-electron chi connectivity index (χ3n) is 4.30. The van der Waals surface area contributed by atoms with Gasteiger partial charge in [-0.25, -0.2) is 13.4 Å². The third-order valence-corrected chi connectivity index (χ3v) is 6.03. The fraction of sp³-hybridized carbons (Fsp3) is 0.211. The van der Waals surface area contributed by atoms with Gasteiger partial charge >= 0.3 is 0 Å². The highest BCUT2D eigenvalue weighted by atomic mass is 32.2. The average Bonchev–Trinajstić information content (AvgIpc) is 3.11. The summed E-state index contributed by atoms with van der Waals surface area (Å²) in [5.74, 6) is 0.734. The minimum absolute atomic E-state index is 0.00835. The molecule has 0 aliphatic carbocycles. The molecule has 5 nitrogen and oxygen atoms in total. The van der Waals surface area contributed by atoms with Crippen molar-refractivity contribution in [2.45, 2.75) is 24.7 Å². The molecule has 6 heteroatoms. The molecule has 1 N–H and O–H groups in total. The molecule has 25 heavy (non-hydrogen) atoms. The van der Waals surface area contributed by atoms with Gasteiger partial charge in [-0.3, -0.25) is 4.57 Å². The fourth-order valence-corrected chi connectivity index (χ4v) is 3.69. The molecule has 0 bridgehead atoms. The van der Waals surface area contributed by atoms with Crippen molar-refractivity contribution < 1.29 is 13.5 Å². The van der Waals surface area contributed by atoms with Crippen LogP contribution in [0, 0.1) is 0 Å². The summed E-state index contributed by atoms with van der Waals surface area (Å²) in [5.41, 5.74) is 1.50. The van der Waals surface area contributed by atoms with Crippen molar-refractivity contribution in [1.29, 1.82) is 0 Å². The molecule has 0 radical (unpaired) electrons. The summed E-state index contributed by atoms with van der Waals surface area (Å²) in [6, 6.07) is 14.2. The summed E-state index contributed by atoms with van der Waals surface area (Å²) in [7, 11) is -3.36. The largest absolute Gasteiger partial charge is 0.506 e. The van der Waals surface area contributed by atoms with Gasteiger partial charge in [0.05, 0.1) is 16.3 Å². The quantitative estimate of drug-likeness (QED) is 0.759. The Morgan fingerprint density at radius 3 is 2.56 bits per heavy atom. The maximum absolute atomic E-state index is 12.2. The van der Waals surface area contributed by atoms with Crippen LogP contribution in [0.2, 0.25) is 0 Å². The molecule has 0 aliphatic heterocycles. The van der Waals surface area contributed by atoms with E-state index < -0.39 is 9.84 Å². The molecule has 1 heterocycles. The van der Waals surface area contributed by atoms with E-state index in [4.69, 9.17) is 0 Å². The Bertz CT molecular complexity index is 979. The molecule has 0 aliphatic rings. The summed E-state index contributed by atoms with van der Waals surface area (Å²) >= 11 is 0. The Balaban J connectivity index is 2.10. The number of aromatic nitrogens is 2. The zero-order valence-corrected chi connectivity index (χ0v) is 14.9. The van der Waals surface area contributed by atoms with E-state index in [1.807, 2.05) is 37.3 Å². The highest BCUT2D eigenvalue weighted by molar-refractivity contribution is 7.91. The highest BCUT2D eigenvalue weighted by Gasteiger charge is 2.19. The molecular weight excluding hydrogens is 336 g/mol. The number of phenols is 1. The van der Waals surface area contributed by atoms with Crippen LogP contribution < -0.4 is 0 Å². The number of sulfone groups is 1. The molecule has 0 amide bonds. The lowest BCUT2D eigenvalue weighted by Gasteiger charge is -2.16. The van der Waals surface area contributed by atoms with Gasteiger partial charge in [0, 0.05) is 18.3 Å². The van der Waals surface area contributed by atoms with E-state index in [-0.39, 0.29) is 22.3 Å². The lowest BCUT2D eigenvalue weighted by Crippen LogP contribution is -2.08. The predicted octanol–water partition coefficient (Wildman–Crippen LogP) is 3.52. The van der Waals surface area contributed by atoms with Gasteiger partial charge in [-0.1, -0.05) is 44.2 Å². The van der Waals surface area contributed by atoms with Crippen molar-refractivity contribution in [3.8, 4) is 11.4 Å². The van der Waals surface area contributed by atoms with Crippen molar-refractivity contribution in [3.63, 3.8) is 0 Å². The smallest absolute Gasteiger partial charge is 0.178 e. The van der Waals surface area contributed by atoms with Crippen LogP contribution in [0.4, 0.5) is 0 Å². The maximum Gasteiger partial charge on any atom is 0.178 e. The van der Waals surface area contributed by atoms with E-state index in [2.05, 4.69) is 4.98 Å². The first-order chi connectivity index (χ1) is 11.9. The number of imidazole rings is 1. The van der Waals surface area contributed by atoms with Gasteiger partial charge in [0.25, 0.3) is 0 Å². The molecule has 0 fully saturated rings. The van der Waals surface area contributed by atoms with E-state index in [1.165, 1.54) is 18.2 Å². The summed E-state index contributed by atoms with van der Waals surface area (Å²) in [6.45, 7) is 3.62. The van der Waals surface area contributed by atoms with E-state index in [0.717, 1.165) is 11.4 Å². The summed E-state index contributed by atoms with van der Waals surface area (Å²) in [5, 5.41) is 10.3. The Hall–Kier alpha value is -2.60. The number of aromatic hydroxyl groups is 1. The second-order valence-electron chi connectivity index (χ2n) is 5.84. The Morgan fingerprint density at radius 2 is 1.88 bits per heavy atom. The lowest BCUT2D eigenvalue weighted by molar-refractivity contribution is 0.470. The molecule has 3 aromatic rings. The van der Waals surface area contributed by atoms with E-state index in [1.54, 1.807) is 23.9 Å². The number of rotatable bonds is 5. The van der Waals surface area contributed by atoms with Crippen molar-refractivity contribution in [3.05, 3.63) is 72.3 Å². The Labute approximate surface area is 147 Å². The van der Waals surface area contributed by atoms with Crippen molar-refractivity contribution in [2.24, 2.45) is 0 Å². The van der Waals surface area contributed by atoms with Crippen LogP contribution in [0.15, 0.2) is 65.8 Å². The van der Waals surface area contributed by atoms with Crippen molar-refractivity contribution in [1.82, 2.24) is 9.55 Å². The molecule has 130 valence electrons. The van der Waals surface area contributed by atoms with Crippen molar-refractivity contribution in [2.75, 3.05) is 5.75 Å². The number of nitrogens with zero attached hydrogens (tertiary/aromatic N) is 2. The first-order valence-electron chi connectivity index (χ1n) is 8.08. The minimum Gasteiger partial charge on any atom is -0.506 e. The lowest BCUT2D eigenvalue weighted by atomic mass is 10.0. The molecule has 3 rings (SSSR count). The molecule has 0 saturated heterocycles. The second-order valence-corrected chi connectivity index (χ2v) is 8.12. The number of benzene rings is 2. The standard InChI is InChI=1S/C19H20N2O3S/c1-3-25(23,24)16-9-10-18(22)17(13-16)21-12-11-20-19(21)14(2)15-7-5-4-6-8-15/h4-14,22H,3H2,1-2H3/t14-/m0/s1. The predicted molar refractivity (Wildman–Crippen MR) is 96.9 cm³/mol. The summed E-state index contributed by atoms with van der Waals surface area (Å²) < 4.78 is 26.1. The van der Waals surface area contributed by atoms with Gasteiger partial charge in [-0.15, -0.1) is 0 Å². The maximum atomic E-state index is 12.2. The van der Waals surface area contributed by atoms with Gasteiger partial charge in [0.1, 0.15) is 11.6 Å². The summed E-state index contributed by atoms with van der Waals surface area (Å²) in [4.78, 5) is 4.61. The molecule has 2 aromatic carbocycles. The summed E-state index contributed by atoms with van der Waals surface area (Å²) in [6.07, 6.45) is 3.38. The number of phenolic OH excluding ortho intramolecular Hbond substituents is 1. The molecular formula is C19H20N2O3S. The van der Waals surface area contributed by atoms with Gasteiger partial charge in [0.15, 0.2) is 9.84 Å². The topological polar surface area (TPSA) is 72.2 Å². The van der Waals surface area contributed by atoms with E-state index in [9.17, 15) is 13.5 Å². The fourth-order valence-electron chi connectivity index (χ4n) is 2.79. The van der Waals surface area contributed by atoms with Crippen LogP contribution >= 0.6 is 0 Å². The molecule has 0 saturated carbocycles. The first-order valence-corrected chi connectivity index (χ1v) is 9.73. The van der Waals surface area contributed by atoms with Crippen molar-refractivity contribution >= 4 is 9.84 Å². The van der Waals surface area contributed by atoms with Crippen LogP contribution in [0.3, 0.4) is 0 Å². The van der Waals surface area contributed by atoms with E-state index >= 15 is 0 Å². The molecule has 0 spiro atoms. The van der Waals surface area contributed by atoms with Crippen LogP contribution in [-0.4, -0.2) is 28.8 Å². The zero-order valence-electron chi connectivity index (χ0n) is 14.1. The molecule has 0 unspecified atom stereocenters. The van der Waals surface area contributed by atoms with Crippen LogP contribution in [0.25, 0.3) is 5.69 Å². The monoisotopic (exact) mass is 356 g/mol. The second kappa shape index (κ2) is 6.72. The number of hydrogen-bond donors (Lipinski definition) is 1. The number of hydrogen-bond acceptors (Lipinski definition) is 4. The zero-order chi connectivity index (χ0) is 18.0. The average molecular weight is 356 g/mol. The normalized spacial score (nSPS) is 12.9. The highest BCUT2D eigenvalue weighted by Crippen LogP contribution is 2.30. The van der Waals surface area contributed by atoms with Gasteiger partial charge in [0.2, 0.25) is 0 Å². The first kappa shape index (κ1) is 17.2. The van der Waals surface area contributed by atoms with Gasteiger partial charge in [-0.2, -0.15) is 0 Å². The van der Waals surface area contributed by atoms with Crippen LogP contribution in [0.1, 0.15) is 31.2 Å². The Kier molecular flexibility index (Phi) is 4.63. The Morgan fingerprint density at radius 1 is 1.16 bits per heavy atom.